The van der Waals surface area contributed by atoms with Crippen molar-refractivity contribution < 1.29 is 19.4 Å². The molecule has 8 nitrogen and oxygen atoms in total. The summed E-state index contributed by atoms with van der Waals surface area (Å²) in [4.78, 5) is 26.4. The van der Waals surface area contributed by atoms with Gasteiger partial charge in [-0.25, -0.2) is 0 Å². The second kappa shape index (κ2) is 6.71. The number of hydrogen-bond donors (Lipinski definition) is 2. The second-order valence-electron chi connectivity index (χ2n) is 6.53. The molecule has 1 aliphatic heterocycles. The molecule has 0 spiro atoms. The fraction of sp³-hybridized carbons (Fsp3) is 0.263. The number of hydrogen-bond acceptors (Lipinski definition) is 5. The Bertz CT molecular complexity index is 1020. The minimum atomic E-state index is -0.923. The number of methoxy groups -OCH3 is 1. The molecule has 1 aromatic heterocycles. The predicted octanol–water partition coefficient (Wildman–Crippen LogP) is 1.91. The zero-order valence-electron chi connectivity index (χ0n) is 14.6. The van der Waals surface area contributed by atoms with Gasteiger partial charge < -0.3 is 14.7 Å². The molecule has 3 aromatic rings. The molecule has 0 bridgehead atoms. The van der Waals surface area contributed by atoms with Crippen LogP contribution in [-0.4, -0.2) is 57.5 Å². The van der Waals surface area contributed by atoms with E-state index in [1.54, 1.807) is 36.3 Å². The molecule has 2 heterocycles. The van der Waals surface area contributed by atoms with Crippen molar-refractivity contribution in [2.45, 2.75) is 5.92 Å². The van der Waals surface area contributed by atoms with E-state index in [0.717, 1.165) is 5.56 Å². The number of nitrogens with one attached hydrogen (secondary N) is 1. The smallest absolute Gasteiger partial charge is 0.308 e. The van der Waals surface area contributed by atoms with Gasteiger partial charge in [-0.15, -0.1) is 0 Å². The van der Waals surface area contributed by atoms with Gasteiger partial charge in [0.05, 0.1) is 13.0 Å². The van der Waals surface area contributed by atoms with Crippen LogP contribution in [0, 0.1) is 5.92 Å². The number of carboxylic acids is 1. The van der Waals surface area contributed by atoms with E-state index in [9.17, 15) is 14.7 Å². The standard InChI is InChI=1S/C19H18N4O4/c1-27-17-5-3-2-4-12(17)13-9-23(10-14(13)19(25)26)18(24)11-6-7-15-16(8-11)21-22-20-15/h2-8,13-14H,9-10H2,1H3,(H,25,26)(H,20,21,22)/t13-,14+/m0/s1. The van der Waals surface area contributed by atoms with Crippen molar-refractivity contribution in [3.05, 3.63) is 53.6 Å². The largest absolute Gasteiger partial charge is 0.496 e. The van der Waals surface area contributed by atoms with Crippen molar-refractivity contribution >= 4 is 22.9 Å². The van der Waals surface area contributed by atoms with E-state index >= 15 is 0 Å². The van der Waals surface area contributed by atoms with Crippen LogP contribution in [0.3, 0.4) is 0 Å². The van der Waals surface area contributed by atoms with Crippen LogP contribution in [-0.2, 0) is 4.79 Å². The van der Waals surface area contributed by atoms with Crippen LogP contribution in [0.25, 0.3) is 11.0 Å². The Morgan fingerprint density at radius 1 is 1.15 bits per heavy atom. The Balaban J connectivity index is 1.64. The lowest BCUT2D eigenvalue weighted by Gasteiger charge is -2.18. The first-order valence-corrected chi connectivity index (χ1v) is 8.54. The zero-order valence-corrected chi connectivity index (χ0v) is 14.6. The molecule has 0 unspecified atom stereocenters. The Morgan fingerprint density at radius 2 is 1.93 bits per heavy atom. The average Bonchev–Trinajstić information content (AvgIpc) is 3.33. The number of para-hydroxylation sites is 1. The van der Waals surface area contributed by atoms with E-state index in [-0.39, 0.29) is 18.4 Å². The third-order valence-electron chi connectivity index (χ3n) is 5.03. The topological polar surface area (TPSA) is 108 Å². The first kappa shape index (κ1) is 17.0. The molecule has 1 amide bonds. The summed E-state index contributed by atoms with van der Waals surface area (Å²) >= 11 is 0. The van der Waals surface area contributed by atoms with E-state index in [1.165, 1.54) is 0 Å². The van der Waals surface area contributed by atoms with Gasteiger partial charge in [0.1, 0.15) is 16.8 Å². The lowest BCUT2D eigenvalue weighted by molar-refractivity contribution is -0.141. The number of aromatic nitrogens is 3. The molecule has 0 radical (unpaired) electrons. The van der Waals surface area contributed by atoms with Crippen LogP contribution in [0.4, 0.5) is 0 Å². The molecule has 2 atom stereocenters. The van der Waals surface area contributed by atoms with Crippen molar-refractivity contribution in [2.24, 2.45) is 5.92 Å². The minimum absolute atomic E-state index is 0.147. The highest BCUT2D eigenvalue weighted by atomic mass is 16.5. The lowest BCUT2D eigenvalue weighted by atomic mass is 9.88. The van der Waals surface area contributed by atoms with Gasteiger partial charge in [-0.3, -0.25) is 9.59 Å². The number of H-pyrrole nitrogens is 1. The van der Waals surface area contributed by atoms with Gasteiger partial charge in [0.2, 0.25) is 0 Å². The Kier molecular flexibility index (Phi) is 4.23. The van der Waals surface area contributed by atoms with E-state index in [1.807, 2.05) is 18.2 Å². The maximum atomic E-state index is 13.0. The number of ether oxygens (including phenoxy) is 1. The van der Waals surface area contributed by atoms with E-state index in [2.05, 4.69) is 15.4 Å². The summed E-state index contributed by atoms with van der Waals surface area (Å²) in [5.74, 6) is -1.54. The number of carbonyl (C=O) groups is 2. The van der Waals surface area contributed by atoms with Gasteiger partial charge in [0.25, 0.3) is 5.91 Å². The maximum absolute atomic E-state index is 13.0. The van der Waals surface area contributed by atoms with Crippen LogP contribution in [0.15, 0.2) is 42.5 Å². The number of carbonyl (C=O) groups excluding carboxylic acids is 1. The molecule has 1 saturated heterocycles. The van der Waals surface area contributed by atoms with Crippen molar-refractivity contribution in [3.8, 4) is 5.75 Å². The number of benzene rings is 2. The first-order chi connectivity index (χ1) is 13.1. The molecule has 1 fully saturated rings. The first-order valence-electron chi connectivity index (χ1n) is 8.54. The number of fused-ring (bicyclic) bond motifs is 1. The molecule has 0 saturated carbocycles. The molecule has 2 aromatic carbocycles. The maximum Gasteiger partial charge on any atom is 0.308 e. The van der Waals surface area contributed by atoms with Crippen molar-refractivity contribution in [3.63, 3.8) is 0 Å². The molecule has 1 aliphatic rings. The van der Waals surface area contributed by atoms with Gasteiger partial charge >= 0.3 is 5.97 Å². The van der Waals surface area contributed by atoms with Gasteiger partial charge in [-0.1, -0.05) is 18.2 Å². The van der Waals surface area contributed by atoms with Gasteiger partial charge in [-0.2, -0.15) is 15.4 Å². The molecule has 4 rings (SSSR count). The number of rotatable bonds is 4. The summed E-state index contributed by atoms with van der Waals surface area (Å²) in [5, 5.41) is 20.2. The molecule has 0 aliphatic carbocycles. The van der Waals surface area contributed by atoms with Crippen LogP contribution in [0.5, 0.6) is 5.75 Å². The van der Waals surface area contributed by atoms with Crippen molar-refractivity contribution in [1.29, 1.82) is 0 Å². The number of nitrogens with zero attached hydrogens (tertiary/aromatic N) is 3. The number of aromatic amines is 1. The Hall–Kier alpha value is -3.42. The van der Waals surface area contributed by atoms with Gasteiger partial charge in [-0.05, 0) is 29.8 Å². The van der Waals surface area contributed by atoms with Crippen LogP contribution < -0.4 is 4.74 Å². The minimum Gasteiger partial charge on any atom is -0.496 e. The molecular formula is C19H18N4O4. The summed E-state index contributed by atoms with van der Waals surface area (Å²) in [6, 6.07) is 12.4. The van der Waals surface area contributed by atoms with E-state index in [4.69, 9.17) is 4.74 Å². The highest BCUT2D eigenvalue weighted by Crippen LogP contribution is 2.38. The highest BCUT2D eigenvalue weighted by Gasteiger charge is 2.41. The summed E-state index contributed by atoms with van der Waals surface area (Å²) < 4.78 is 5.39. The number of amides is 1. The Morgan fingerprint density at radius 3 is 2.70 bits per heavy atom. The molecule has 27 heavy (non-hydrogen) atoms. The van der Waals surface area contributed by atoms with E-state index < -0.39 is 11.9 Å². The quantitative estimate of drug-likeness (QED) is 0.730. The summed E-state index contributed by atoms with van der Waals surface area (Å²) in [5.41, 5.74) is 2.52. The summed E-state index contributed by atoms with van der Waals surface area (Å²) in [7, 11) is 1.56. The zero-order chi connectivity index (χ0) is 19.0. The third kappa shape index (κ3) is 2.99. The Labute approximate surface area is 154 Å². The van der Waals surface area contributed by atoms with Crippen LogP contribution in [0.2, 0.25) is 0 Å². The summed E-state index contributed by atoms with van der Waals surface area (Å²) in [6.45, 7) is 0.459. The number of aliphatic carboxylic acids is 1. The fourth-order valence-corrected chi connectivity index (χ4v) is 3.66. The molecule has 2 N–H and O–H groups in total. The monoisotopic (exact) mass is 366 g/mol. The highest BCUT2D eigenvalue weighted by molar-refractivity contribution is 5.97. The molecule has 8 heteroatoms. The fourth-order valence-electron chi connectivity index (χ4n) is 3.66. The van der Waals surface area contributed by atoms with Crippen LogP contribution in [0.1, 0.15) is 21.8 Å². The molecule has 138 valence electrons. The normalized spacial score (nSPS) is 19.4. The van der Waals surface area contributed by atoms with Crippen LogP contribution >= 0.6 is 0 Å². The average molecular weight is 366 g/mol. The molecular weight excluding hydrogens is 348 g/mol. The van der Waals surface area contributed by atoms with Gasteiger partial charge in [0, 0.05) is 24.6 Å². The van der Waals surface area contributed by atoms with E-state index in [0.29, 0.717) is 28.9 Å². The van der Waals surface area contributed by atoms with Gasteiger partial charge in [0.15, 0.2) is 0 Å². The number of likely N-dealkylation sites (tertiary alicyclic amines) is 1. The SMILES string of the molecule is COc1ccccc1[C@@H]1CN(C(=O)c2ccc3n[nH]nc3c2)C[C@H]1C(=O)O. The predicted molar refractivity (Wildman–Crippen MR) is 96.7 cm³/mol. The lowest BCUT2D eigenvalue weighted by Crippen LogP contribution is -2.29. The number of carboxylic acid groups (broad SMARTS) is 1. The summed E-state index contributed by atoms with van der Waals surface area (Å²) in [6.07, 6.45) is 0. The second-order valence-corrected chi connectivity index (χ2v) is 6.53. The third-order valence-corrected chi connectivity index (χ3v) is 5.03. The van der Waals surface area contributed by atoms with Crippen molar-refractivity contribution in [2.75, 3.05) is 20.2 Å². The van der Waals surface area contributed by atoms with Crippen molar-refractivity contribution in [1.82, 2.24) is 20.3 Å².